The molecule has 2 aliphatic rings. The summed E-state index contributed by atoms with van der Waals surface area (Å²) in [6.07, 6.45) is 3.35. The lowest BCUT2D eigenvalue weighted by molar-refractivity contribution is -0.134. The minimum absolute atomic E-state index is 0.0133. The Morgan fingerprint density at radius 1 is 1.27 bits per heavy atom. The van der Waals surface area contributed by atoms with Crippen molar-refractivity contribution in [3.8, 4) is 5.75 Å². The number of hydrogen-bond acceptors (Lipinski definition) is 4. The Balaban J connectivity index is 1.51. The maximum atomic E-state index is 12.9. The Labute approximate surface area is 157 Å². The van der Waals surface area contributed by atoms with Crippen LogP contribution < -0.4 is 10.1 Å². The van der Waals surface area contributed by atoms with Crippen LogP contribution in [0.5, 0.6) is 5.75 Å². The normalized spacial score (nSPS) is 22.5. The first-order chi connectivity index (χ1) is 12.4. The van der Waals surface area contributed by atoms with E-state index >= 15 is 0 Å². The molecule has 2 fully saturated rings. The molecule has 1 aromatic rings. The largest absolute Gasteiger partial charge is 0.492 e. The van der Waals surface area contributed by atoms with Gasteiger partial charge >= 0.3 is 0 Å². The summed E-state index contributed by atoms with van der Waals surface area (Å²) in [6.45, 7) is 8.48. The maximum Gasteiger partial charge on any atom is 0.239 e. The van der Waals surface area contributed by atoms with E-state index in [4.69, 9.17) is 4.74 Å². The van der Waals surface area contributed by atoms with E-state index in [9.17, 15) is 4.79 Å². The van der Waals surface area contributed by atoms with E-state index in [1.807, 2.05) is 24.1 Å². The average Bonchev–Trinajstić information content (AvgIpc) is 2.89. The molecular formula is C21H33N3O2. The number of ether oxygens (including phenoxy) is 1. The number of carbonyl (C=O) groups is 1. The molecule has 26 heavy (non-hydrogen) atoms. The number of benzene rings is 1. The monoisotopic (exact) mass is 359 g/mol. The van der Waals surface area contributed by atoms with E-state index in [0.29, 0.717) is 18.6 Å². The Morgan fingerprint density at radius 3 is 2.58 bits per heavy atom. The van der Waals surface area contributed by atoms with Crippen LogP contribution in [0.25, 0.3) is 0 Å². The standard InChI is InChI=1S/C21H33N3O2/c1-16-11-17(2)13-18(12-16)26-10-9-23(3)20(25)19-14-21(15-24(19)4)5-7-22-8-6-21/h11-13,19,22H,5-10,14-15H2,1-4H3/t19-/m0/s1. The smallest absolute Gasteiger partial charge is 0.239 e. The van der Waals surface area contributed by atoms with Gasteiger partial charge in [-0.05, 0) is 81.9 Å². The highest BCUT2D eigenvalue weighted by Crippen LogP contribution is 2.41. The average molecular weight is 360 g/mol. The van der Waals surface area contributed by atoms with E-state index in [1.165, 1.54) is 24.0 Å². The van der Waals surface area contributed by atoms with Crippen LogP contribution in [0.2, 0.25) is 0 Å². The molecule has 0 unspecified atom stereocenters. The molecule has 0 saturated carbocycles. The molecular weight excluding hydrogens is 326 g/mol. The molecule has 0 aliphatic carbocycles. The molecule has 1 amide bonds. The van der Waals surface area contributed by atoms with Gasteiger partial charge in [0.05, 0.1) is 12.6 Å². The molecule has 2 heterocycles. The number of nitrogens with one attached hydrogen (secondary N) is 1. The summed E-state index contributed by atoms with van der Waals surface area (Å²) in [5.41, 5.74) is 2.73. The fourth-order valence-corrected chi connectivity index (χ4v) is 4.55. The Bertz CT molecular complexity index is 620. The van der Waals surface area contributed by atoms with Crippen LogP contribution in [0, 0.1) is 19.3 Å². The van der Waals surface area contributed by atoms with Gasteiger partial charge in [0.25, 0.3) is 0 Å². The molecule has 1 atom stereocenters. The molecule has 0 radical (unpaired) electrons. The number of nitrogens with zero attached hydrogens (tertiary/aromatic N) is 2. The van der Waals surface area contributed by atoms with Gasteiger partial charge in [0, 0.05) is 13.6 Å². The summed E-state index contributed by atoms with van der Waals surface area (Å²) in [7, 11) is 3.99. The van der Waals surface area contributed by atoms with Crippen LogP contribution in [0.1, 0.15) is 30.4 Å². The lowest BCUT2D eigenvalue weighted by Gasteiger charge is -2.33. The van der Waals surface area contributed by atoms with Crippen molar-refractivity contribution >= 4 is 5.91 Å². The van der Waals surface area contributed by atoms with Crippen molar-refractivity contribution < 1.29 is 9.53 Å². The minimum atomic E-state index is 0.0133. The van der Waals surface area contributed by atoms with Gasteiger partial charge in [-0.3, -0.25) is 9.69 Å². The summed E-state index contributed by atoms with van der Waals surface area (Å²) in [6, 6.07) is 6.23. The summed E-state index contributed by atoms with van der Waals surface area (Å²) >= 11 is 0. The zero-order valence-electron chi connectivity index (χ0n) is 16.7. The van der Waals surface area contributed by atoms with Crippen molar-refractivity contribution in [3.05, 3.63) is 29.3 Å². The van der Waals surface area contributed by atoms with Crippen LogP contribution in [0.15, 0.2) is 18.2 Å². The number of rotatable bonds is 5. The van der Waals surface area contributed by atoms with Gasteiger partial charge in [-0.1, -0.05) is 6.07 Å². The lowest BCUT2D eigenvalue weighted by atomic mass is 9.77. The van der Waals surface area contributed by atoms with Crippen molar-refractivity contribution in [2.24, 2.45) is 5.41 Å². The molecule has 3 rings (SSSR count). The van der Waals surface area contributed by atoms with Crippen molar-refractivity contribution in [1.29, 1.82) is 0 Å². The number of hydrogen-bond donors (Lipinski definition) is 1. The summed E-state index contributed by atoms with van der Waals surface area (Å²) in [5, 5.41) is 3.44. The molecule has 0 aromatic heterocycles. The van der Waals surface area contributed by atoms with Gasteiger partial charge in [0.2, 0.25) is 5.91 Å². The predicted octanol–water partition coefficient (Wildman–Crippen LogP) is 2.21. The second kappa shape index (κ2) is 7.97. The Kier molecular flexibility index (Phi) is 5.88. The van der Waals surface area contributed by atoms with Gasteiger partial charge in [-0.25, -0.2) is 0 Å². The predicted molar refractivity (Wildman–Crippen MR) is 105 cm³/mol. The minimum Gasteiger partial charge on any atom is -0.492 e. The van der Waals surface area contributed by atoms with E-state index in [0.717, 1.165) is 31.8 Å². The highest BCUT2D eigenvalue weighted by Gasteiger charge is 2.46. The number of amides is 1. The van der Waals surface area contributed by atoms with Crippen LogP contribution in [-0.2, 0) is 4.79 Å². The Hall–Kier alpha value is -1.59. The quantitative estimate of drug-likeness (QED) is 0.876. The molecule has 5 nitrogen and oxygen atoms in total. The molecule has 2 aliphatic heterocycles. The third kappa shape index (κ3) is 4.38. The fourth-order valence-electron chi connectivity index (χ4n) is 4.55. The summed E-state index contributed by atoms with van der Waals surface area (Å²) < 4.78 is 5.87. The van der Waals surface area contributed by atoms with E-state index in [-0.39, 0.29) is 11.9 Å². The van der Waals surface area contributed by atoms with Crippen LogP contribution >= 0.6 is 0 Å². The second-order valence-corrected chi connectivity index (χ2v) is 8.32. The summed E-state index contributed by atoms with van der Waals surface area (Å²) in [4.78, 5) is 17.0. The number of likely N-dealkylation sites (tertiary alicyclic amines) is 1. The maximum absolute atomic E-state index is 12.9. The van der Waals surface area contributed by atoms with Gasteiger partial charge in [-0.15, -0.1) is 0 Å². The first-order valence-electron chi connectivity index (χ1n) is 9.76. The highest BCUT2D eigenvalue weighted by molar-refractivity contribution is 5.82. The van der Waals surface area contributed by atoms with Gasteiger partial charge < -0.3 is 15.0 Å². The molecule has 1 N–H and O–H groups in total. The first-order valence-corrected chi connectivity index (χ1v) is 9.76. The highest BCUT2D eigenvalue weighted by atomic mass is 16.5. The fraction of sp³-hybridized carbons (Fsp3) is 0.667. The van der Waals surface area contributed by atoms with E-state index in [2.05, 4.69) is 37.2 Å². The second-order valence-electron chi connectivity index (χ2n) is 8.32. The Morgan fingerprint density at radius 2 is 1.92 bits per heavy atom. The van der Waals surface area contributed by atoms with Crippen molar-refractivity contribution in [1.82, 2.24) is 15.1 Å². The SMILES string of the molecule is Cc1cc(C)cc(OCCN(C)C(=O)[C@@H]2CC3(CCNCC3)CN2C)c1. The molecule has 1 aromatic carbocycles. The zero-order chi connectivity index (χ0) is 18.7. The molecule has 144 valence electrons. The molecule has 0 bridgehead atoms. The van der Waals surface area contributed by atoms with Crippen LogP contribution in [-0.4, -0.2) is 68.6 Å². The van der Waals surface area contributed by atoms with E-state index in [1.54, 1.807) is 0 Å². The zero-order valence-corrected chi connectivity index (χ0v) is 16.7. The lowest BCUT2D eigenvalue weighted by Crippen LogP contribution is -2.43. The summed E-state index contributed by atoms with van der Waals surface area (Å²) in [5.74, 6) is 1.11. The number of piperidine rings is 1. The third-order valence-corrected chi connectivity index (χ3v) is 5.96. The first kappa shape index (κ1) is 19.2. The van der Waals surface area contributed by atoms with Crippen molar-refractivity contribution in [3.63, 3.8) is 0 Å². The van der Waals surface area contributed by atoms with Gasteiger partial charge in [-0.2, -0.15) is 0 Å². The molecule has 1 spiro atoms. The van der Waals surface area contributed by atoms with Crippen LogP contribution in [0.4, 0.5) is 0 Å². The van der Waals surface area contributed by atoms with Gasteiger partial charge in [0.1, 0.15) is 12.4 Å². The van der Waals surface area contributed by atoms with Crippen molar-refractivity contribution in [2.45, 2.75) is 39.2 Å². The topological polar surface area (TPSA) is 44.8 Å². The number of likely N-dealkylation sites (N-methyl/N-ethyl adjacent to an activating group) is 2. The number of carbonyl (C=O) groups excluding carboxylic acids is 1. The van der Waals surface area contributed by atoms with Crippen LogP contribution in [0.3, 0.4) is 0 Å². The molecule has 5 heteroatoms. The van der Waals surface area contributed by atoms with E-state index < -0.39 is 0 Å². The van der Waals surface area contributed by atoms with Crippen molar-refractivity contribution in [2.75, 3.05) is 46.9 Å². The number of aryl methyl sites for hydroxylation is 2. The molecule has 2 saturated heterocycles. The third-order valence-electron chi connectivity index (χ3n) is 5.96. The van der Waals surface area contributed by atoms with Gasteiger partial charge in [0.15, 0.2) is 0 Å².